The molecular weight excluding hydrogens is 244 g/mol. The molecule has 19 heavy (non-hydrogen) atoms. The zero-order valence-corrected chi connectivity index (χ0v) is 12.2. The van der Waals surface area contributed by atoms with Crippen LogP contribution in [0.25, 0.3) is 0 Å². The van der Waals surface area contributed by atoms with Gasteiger partial charge in [0.05, 0.1) is 5.92 Å². The topological polar surface area (TPSA) is 52.6 Å². The first-order chi connectivity index (χ1) is 9.02. The fourth-order valence-electron chi connectivity index (χ4n) is 1.01. The Morgan fingerprint density at radius 2 is 1.42 bits per heavy atom. The lowest BCUT2D eigenvalue weighted by atomic mass is 10.2. The van der Waals surface area contributed by atoms with E-state index in [1.54, 1.807) is 45.0 Å². The lowest BCUT2D eigenvalue weighted by Gasteiger charge is -2.07. The Balaban J connectivity index is 0.00000154. The van der Waals surface area contributed by atoms with Gasteiger partial charge in [0.1, 0.15) is 11.5 Å². The van der Waals surface area contributed by atoms with Crippen LogP contribution in [-0.4, -0.2) is 11.9 Å². The van der Waals surface area contributed by atoms with Crippen molar-refractivity contribution < 1.29 is 19.1 Å². The molecule has 4 nitrogen and oxygen atoms in total. The van der Waals surface area contributed by atoms with E-state index >= 15 is 0 Å². The Hall–Kier alpha value is -1.84. The summed E-state index contributed by atoms with van der Waals surface area (Å²) in [6.45, 7) is 9.25. The van der Waals surface area contributed by atoms with Crippen LogP contribution in [0, 0.1) is 5.92 Å². The summed E-state index contributed by atoms with van der Waals surface area (Å²) in [6.07, 6.45) is 0.323. The Morgan fingerprint density at radius 1 is 1.00 bits per heavy atom. The molecule has 106 valence electrons. The van der Waals surface area contributed by atoms with Gasteiger partial charge >= 0.3 is 11.9 Å². The summed E-state index contributed by atoms with van der Waals surface area (Å²) >= 11 is 0. The Kier molecular flexibility index (Phi) is 8.25. The lowest BCUT2D eigenvalue weighted by molar-refractivity contribution is -0.138. The zero-order valence-electron chi connectivity index (χ0n) is 12.2. The number of carbonyl (C=O) groups excluding carboxylic acids is 2. The second kappa shape index (κ2) is 9.14. The number of benzene rings is 1. The molecule has 0 aromatic heterocycles. The largest absolute Gasteiger partial charge is 0.427 e. The van der Waals surface area contributed by atoms with E-state index in [2.05, 4.69) is 0 Å². The van der Waals surface area contributed by atoms with Gasteiger partial charge in [-0.15, -0.1) is 0 Å². The number of esters is 2. The average molecular weight is 266 g/mol. The average Bonchev–Trinajstić information content (AvgIpc) is 2.43. The molecule has 0 heterocycles. The van der Waals surface area contributed by atoms with Crippen molar-refractivity contribution in [2.24, 2.45) is 5.92 Å². The molecule has 1 rings (SSSR count). The van der Waals surface area contributed by atoms with Crippen LogP contribution in [0.2, 0.25) is 0 Å². The number of carbonyl (C=O) groups is 2. The van der Waals surface area contributed by atoms with Crippen molar-refractivity contribution in [3.8, 4) is 11.5 Å². The predicted molar refractivity (Wildman–Crippen MR) is 74.2 cm³/mol. The molecule has 0 N–H and O–H groups in total. The molecule has 0 atom stereocenters. The minimum absolute atomic E-state index is 0.174. The quantitative estimate of drug-likeness (QED) is 0.617. The normalized spacial score (nSPS) is 9.37. The first kappa shape index (κ1) is 17.2. The highest BCUT2D eigenvalue weighted by Gasteiger charge is 2.09. The van der Waals surface area contributed by atoms with Crippen LogP contribution in [0.15, 0.2) is 24.3 Å². The molecule has 0 saturated heterocycles. The third kappa shape index (κ3) is 6.60. The van der Waals surface area contributed by atoms with Gasteiger partial charge < -0.3 is 9.47 Å². The summed E-state index contributed by atoms with van der Waals surface area (Å²) in [4.78, 5) is 22.3. The molecular formula is C15H22O4. The molecule has 4 heteroatoms. The number of ether oxygens (including phenoxy) is 2. The van der Waals surface area contributed by atoms with Crippen LogP contribution in [0.1, 0.15) is 41.0 Å². The van der Waals surface area contributed by atoms with Crippen LogP contribution in [0.3, 0.4) is 0 Å². The summed E-state index contributed by atoms with van der Waals surface area (Å²) < 4.78 is 10.1. The van der Waals surface area contributed by atoms with Gasteiger partial charge in [0.15, 0.2) is 0 Å². The summed E-state index contributed by atoms with van der Waals surface area (Å²) in [5, 5.41) is 0. The Labute approximate surface area is 114 Å². The second-order valence-corrected chi connectivity index (χ2v) is 3.87. The van der Waals surface area contributed by atoms with E-state index < -0.39 is 0 Å². The van der Waals surface area contributed by atoms with Gasteiger partial charge in [-0.1, -0.05) is 34.6 Å². The van der Waals surface area contributed by atoms with E-state index in [4.69, 9.17) is 9.47 Å². The van der Waals surface area contributed by atoms with Crippen LogP contribution in [0.4, 0.5) is 0 Å². The minimum Gasteiger partial charge on any atom is -0.427 e. The van der Waals surface area contributed by atoms with Crippen molar-refractivity contribution in [2.45, 2.75) is 41.0 Å². The van der Waals surface area contributed by atoms with E-state index in [-0.39, 0.29) is 17.9 Å². The highest BCUT2D eigenvalue weighted by atomic mass is 16.5. The molecule has 0 spiro atoms. The van der Waals surface area contributed by atoms with Crippen LogP contribution in [0.5, 0.6) is 11.5 Å². The van der Waals surface area contributed by atoms with E-state index in [9.17, 15) is 9.59 Å². The molecule has 0 saturated carbocycles. The summed E-state index contributed by atoms with van der Waals surface area (Å²) in [6, 6.07) is 6.38. The molecule has 1 aromatic rings. The van der Waals surface area contributed by atoms with Crippen molar-refractivity contribution in [3.63, 3.8) is 0 Å². The van der Waals surface area contributed by atoms with Gasteiger partial charge in [0.25, 0.3) is 0 Å². The molecule has 0 amide bonds. The molecule has 0 aliphatic carbocycles. The Morgan fingerprint density at radius 3 is 1.79 bits per heavy atom. The van der Waals surface area contributed by atoms with E-state index in [1.807, 2.05) is 13.8 Å². The fourth-order valence-corrected chi connectivity index (χ4v) is 1.01. The van der Waals surface area contributed by atoms with Crippen LogP contribution >= 0.6 is 0 Å². The van der Waals surface area contributed by atoms with Crippen molar-refractivity contribution >= 4 is 11.9 Å². The van der Waals surface area contributed by atoms with Crippen molar-refractivity contribution in [1.82, 2.24) is 0 Å². The van der Waals surface area contributed by atoms with E-state index in [1.165, 1.54) is 0 Å². The molecule has 0 radical (unpaired) electrons. The van der Waals surface area contributed by atoms with Crippen LogP contribution in [-0.2, 0) is 9.59 Å². The van der Waals surface area contributed by atoms with Crippen molar-refractivity contribution in [2.75, 3.05) is 0 Å². The minimum atomic E-state index is -0.295. The Bertz CT molecular complexity index is 393. The monoisotopic (exact) mass is 266 g/mol. The zero-order chi connectivity index (χ0) is 14.8. The van der Waals surface area contributed by atoms with Gasteiger partial charge in [0.2, 0.25) is 0 Å². The summed E-state index contributed by atoms with van der Waals surface area (Å²) in [5.74, 6) is 0.133. The highest BCUT2D eigenvalue weighted by molar-refractivity contribution is 5.74. The fraction of sp³-hybridized carbons (Fsp3) is 0.467. The maximum Gasteiger partial charge on any atom is 0.313 e. The van der Waals surface area contributed by atoms with Gasteiger partial charge in [-0.2, -0.15) is 0 Å². The number of hydrogen-bond acceptors (Lipinski definition) is 4. The molecule has 0 bridgehead atoms. The first-order valence-electron chi connectivity index (χ1n) is 6.55. The maximum absolute atomic E-state index is 11.3. The molecule has 0 fully saturated rings. The summed E-state index contributed by atoms with van der Waals surface area (Å²) in [5.41, 5.74) is 0. The van der Waals surface area contributed by atoms with E-state index in [0.717, 1.165) is 0 Å². The molecule has 1 aromatic carbocycles. The third-order valence-electron chi connectivity index (χ3n) is 2.03. The van der Waals surface area contributed by atoms with Crippen molar-refractivity contribution in [1.29, 1.82) is 0 Å². The predicted octanol–water partition coefficient (Wildman–Crippen LogP) is 3.59. The van der Waals surface area contributed by atoms with Gasteiger partial charge in [0, 0.05) is 6.42 Å². The maximum atomic E-state index is 11.3. The molecule has 0 unspecified atom stereocenters. The standard InChI is InChI=1S/C13H16O4.C2H6/c1-4-12(14)16-10-5-7-11(8-6-10)17-13(15)9(2)3;1-2/h5-9H,4H2,1-3H3;1-2H3. The van der Waals surface area contributed by atoms with E-state index in [0.29, 0.717) is 17.9 Å². The summed E-state index contributed by atoms with van der Waals surface area (Å²) in [7, 11) is 0. The smallest absolute Gasteiger partial charge is 0.313 e. The number of rotatable bonds is 4. The van der Waals surface area contributed by atoms with Crippen molar-refractivity contribution in [3.05, 3.63) is 24.3 Å². The lowest BCUT2D eigenvalue weighted by Crippen LogP contribution is -2.14. The van der Waals surface area contributed by atoms with Crippen LogP contribution < -0.4 is 9.47 Å². The van der Waals surface area contributed by atoms with Gasteiger partial charge in [-0.05, 0) is 24.3 Å². The SMILES string of the molecule is CC.CCC(=O)Oc1ccc(OC(=O)C(C)C)cc1. The molecule has 0 aliphatic heterocycles. The van der Waals surface area contributed by atoms with Gasteiger partial charge in [-0.3, -0.25) is 9.59 Å². The highest BCUT2D eigenvalue weighted by Crippen LogP contribution is 2.18. The molecule has 0 aliphatic rings. The first-order valence-corrected chi connectivity index (χ1v) is 6.55. The number of hydrogen-bond donors (Lipinski definition) is 0. The second-order valence-electron chi connectivity index (χ2n) is 3.87. The van der Waals surface area contributed by atoms with Gasteiger partial charge in [-0.25, -0.2) is 0 Å². The third-order valence-corrected chi connectivity index (χ3v) is 2.03.